The second kappa shape index (κ2) is 6.06. The van der Waals surface area contributed by atoms with Gasteiger partial charge >= 0.3 is 6.18 Å². The molecule has 1 rings (SSSR count). The minimum atomic E-state index is -4.49. The van der Waals surface area contributed by atoms with E-state index in [1.807, 2.05) is 0 Å². The quantitative estimate of drug-likeness (QED) is 0.662. The zero-order valence-corrected chi connectivity index (χ0v) is 12.1. The molecule has 0 aromatic heterocycles. The lowest BCUT2D eigenvalue weighted by molar-refractivity contribution is -0.135. The van der Waals surface area contributed by atoms with E-state index in [1.54, 1.807) is 0 Å². The fourth-order valence-electron chi connectivity index (χ4n) is 1.54. The number of alkyl halides is 3. The number of halogens is 4. The van der Waals surface area contributed by atoms with E-state index in [9.17, 15) is 26.0 Å². The van der Waals surface area contributed by atoms with E-state index in [2.05, 4.69) is 4.74 Å². The third-order valence-corrected chi connectivity index (χ3v) is 4.50. The summed E-state index contributed by atoms with van der Waals surface area (Å²) in [6.07, 6.45) is -5.80. The number of nitrogens with two attached hydrogens (primary N) is 1. The average molecular weight is 330 g/mol. The van der Waals surface area contributed by atoms with E-state index in [1.165, 1.54) is 0 Å². The number of ether oxygens (including phenoxy) is 1. The van der Waals surface area contributed by atoms with E-state index in [0.29, 0.717) is 10.4 Å². The van der Waals surface area contributed by atoms with Crippen LogP contribution in [0.25, 0.3) is 0 Å². The van der Waals surface area contributed by atoms with E-state index in [0.717, 1.165) is 20.2 Å². The summed E-state index contributed by atoms with van der Waals surface area (Å²) in [6.45, 7) is -0.778. The molecule has 1 aromatic rings. The maximum Gasteiger partial charge on any atom is 0.390 e. The lowest BCUT2D eigenvalue weighted by Gasteiger charge is -2.19. The molecule has 1 aromatic carbocycles. The smallest absolute Gasteiger partial charge is 0.390 e. The Bertz CT molecular complexity index is 593. The van der Waals surface area contributed by atoms with Gasteiger partial charge in [-0.15, -0.1) is 0 Å². The Morgan fingerprint density at radius 3 is 2.33 bits per heavy atom. The van der Waals surface area contributed by atoms with Gasteiger partial charge in [-0.25, -0.2) is 17.1 Å². The minimum absolute atomic E-state index is 0.264. The molecule has 0 saturated carbocycles. The molecule has 120 valence electrons. The lowest BCUT2D eigenvalue weighted by Crippen LogP contribution is -2.30. The van der Waals surface area contributed by atoms with Crippen molar-refractivity contribution < 1.29 is 30.7 Å². The van der Waals surface area contributed by atoms with Gasteiger partial charge in [0.1, 0.15) is 0 Å². The van der Waals surface area contributed by atoms with E-state index in [-0.39, 0.29) is 11.4 Å². The van der Waals surface area contributed by atoms with Gasteiger partial charge in [0.15, 0.2) is 11.6 Å². The van der Waals surface area contributed by atoms with Gasteiger partial charge in [0, 0.05) is 13.6 Å². The third-order valence-electron chi connectivity index (χ3n) is 2.67. The Morgan fingerprint density at radius 1 is 1.33 bits per heavy atom. The highest BCUT2D eigenvalue weighted by Gasteiger charge is 2.31. The highest BCUT2D eigenvalue weighted by atomic mass is 32.2. The van der Waals surface area contributed by atoms with Gasteiger partial charge in [0.25, 0.3) is 0 Å². The second-order valence-corrected chi connectivity index (χ2v) is 6.26. The Morgan fingerprint density at radius 2 is 1.90 bits per heavy atom. The van der Waals surface area contributed by atoms with Crippen molar-refractivity contribution in [2.45, 2.75) is 17.5 Å². The molecule has 0 bridgehead atoms. The molecule has 0 spiro atoms. The van der Waals surface area contributed by atoms with Crippen molar-refractivity contribution in [3.63, 3.8) is 0 Å². The van der Waals surface area contributed by atoms with Crippen LogP contribution in [0.4, 0.5) is 23.2 Å². The van der Waals surface area contributed by atoms with Gasteiger partial charge < -0.3 is 10.5 Å². The van der Waals surface area contributed by atoms with Crippen molar-refractivity contribution in [3.8, 4) is 5.75 Å². The van der Waals surface area contributed by atoms with Crippen molar-refractivity contribution in [1.29, 1.82) is 0 Å². The molecule has 2 N–H and O–H groups in total. The lowest BCUT2D eigenvalue weighted by atomic mass is 10.3. The summed E-state index contributed by atoms with van der Waals surface area (Å²) in [7, 11) is -2.15. The molecule has 5 nitrogen and oxygen atoms in total. The van der Waals surface area contributed by atoms with Crippen LogP contribution < -0.4 is 10.5 Å². The molecule has 0 fully saturated rings. The molecule has 0 amide bonds. The minimum Gasteiger partial charge on any atom is -0.492 e. The van der Waals surface area contributed by atoms with Crippen molar-refractivity contribution in [3.05, 3.63) is 17.9 Å². The summed E-state index contributed by atoms with van der Waals surface area (Å²) in [5, 5.41) is 0. The number of hydrogen-bond acceptors (Lipinski definition) is 4. The first-order valence-corrected chi connectivity index (χ1v) is 7.09. The molecule has 0 aliphatic heterocycles. The van der Waals surface area contributed by atoms with Gasteiger partial charge in [-0.05, 0) is 12.1 Å². The van der Waals surface area contributed by atoms with Crippen molar-refractivity contribution in [1.82, 2.24) is 4.31 Å². The third kappa shape index (κ3) is 4.21. The first-order valence-electron chi connectivity index (χ1n) is 5.65. The van der Waals surface area contributed by atoms with Crippen molar-refractivity contribution >= 4 is 15.7 Å². The van der Waals surface area contributed by atoms with Crippen molar-refractivity contribution in [2.24, 2.45) is 0 Å². The largest absolute Gasteiger partial charge is 0.492 e. The highest BCUT2D eigenvalue weighted by Crippen LogP contribution is 2.30. The van der Waals surface area contributed by atoms with Crippen LogP contribution in [-0.2, 0) is 10.0 Å². The summed E-state index contributed by atoms with van der Waals surface area (Å²) < 4.78 is 79.2. The first kappa shape index (κ1) is 17.5. The van der Waals surface area contributed by atoms with Crippen LogP contribution in [0.5, 0.6) is 5.75 Å². The number of sulfonamides is 1. The number of nitrogen functional groups attached to an aromatic ring is 1. The molecular weight excluding hydrogens is 316 g/mol. The maximum absolute atomic E-state index is 13.6. The summed E-state index contributed by atoms with van der Waals surface area (Å²) >= 11 is 0. The number of nitrogens with zero attached hydrogens (tertiary/aromatic N) is 1. The second-order valence-electron chi connectivity index (χ2n) is 4.22. The molecule has 0 heterocycles. The molecule has 0 aliphatic carbocycles. The van der Waals surface area contributed by atoms with Gasteiger partial charge in [-0.1, -0.05) is 0 Å². The van der Waals surface area contributed by atoms with Gasteiger partial charge in [0.2, 0.25) is 10.0 Å². The standard InChI is InChI=1S/C11H14F4N2O3S/c1-17(4-3-11(13,14)15)21(18,19)7-5-8(12)10(20-2)9(16)6-7/h5-6H,3-4,16H2,1-2H3. The van der Waals surface area contributed by atoms with Crippen LogP contribution in [0.15, 0.2) is 17.0 Å². The molecule has 0 radical (unpaired) electrons. The van der Waals surface area contributed by atoms with Crippen molar-refractivity contribution in [2.75, 3.05) is 26.4 Å². The van der Waals surface area contributed by atoms with E-state index in [4.69, 9.17) is 5.73 Å². The molecule has 21 heavy (non-hydrogen) atoms. The summed E-state index contributed by atoms with van der Waals surface area (Å²) in [4.78, 5) is -0.539. The highest BCUT2D eigenvalue weighted by molar-refractivity contribution is 7.89. The molecule has 0 unspecified atom stereocenters. The predicted molar refractivity (Wildman–Crippen MR) is 67.9 cm³/mol. The summed E-state index contributed by atoms with van der Waals surface area (Å²) in [5.41, 5.74) is 5.18. The molecular formula is C11H14F4N2O3S. The van der Waals surface area contributed by atoms with E-state index < -0.39 is 39.9 Å². The molecule has 10 heteroatoms. The topological polar surface area (TPSA) is 72.6 Å². The zero-order chi connectivity index (χ0) is 16.4. The first-order chi connectivity index (χ1) is 9.49. The number of anilines is 1. The normalized spacial score (nSPS) is 12.7. The Balaban J connectivity index is 3.08. The van der Waals surface area contributed by atoms with Crippen LogP contribution in [0.1, 0.15) is 6.42 Å². The Hall–Kier alpha value is -1.55. The SMILES string of the molecule is COc1c(N)cc(S(=O)(=O)N(C)CCC(F)(F)F)cc1F. The van der Waals surface area contributed by atoms with Gasteiger partial charge in [-0.3, -0.25) is 0 Å². The van der Waals surface area contributed by atoms with Crippen LogP contribution in [0.2, 0.25) is 0 Å². The Labute approximate surface area is 119 Å². The monoisotopic (exact) mass is 330 g/mol. The Kier molecular flexibility index (Phi) is 5.05. The summed E-state index contributed by atoms with van der Waals surface area (Å²) in [6, 6.07) is 1.58. The fourth-order valence-corrected chi connectivity index (χ4v) is 2.76. The van der Waals surface area contributed by atoms with E-state index >= 15 is 0 Å². The van der Waals surface area contributed by atoms with Crippen LogP contribution in [0, 0.1) is 5.82 Å². The molecule has 0 saturated heterocycles. The number of rotatable bonds is 5. The van der Waals surface area contributed by atoms with Gasteiger partial charge in [0.05, 0.1) is 24.1 Å². The van der Waals surface area contributed by atoms with Gasteiger partial charge in [-0.2, -0.15) is 13.2 Å². The number of methoxy groups -OCH3 is 1. The predicted octanol–water partition coefficient (Wildman–Crippen LogP) is 1.99. The summed E-state index contributed by atoms with van der Waals surface area (Å²) in [5.74, 6) is -1.34. The van der Waals surface area contributed by atoms with Crippen LogP contribution in [-0.4, -0.2) is 39.6 Å². The average Bonchev–Trinajstić information content (AvgIpc) is 2.34. The zero-order valence-electron chi connectivity index (χ0n) is 11.2. The molecule has 0 atom stereocenters. The number of benzene rings is 1. The number of hydrogen-bond donors (Lipinski definition) is 1. The fraction of sp³-hybridized carbons (Fsp3) is 0.455. The molecule has 0 aliphatic rings. The van der Waals surface area contributed by atoms with Crippen LogP contribution in [0.3, 0.4) is 0 Å². The van der Waals surface area contributed by atoms with Crippen LogP contribution >= 0.6 is 0 Å². The maximum atomic E-state index is 13.6.